The number of anilines is 1. The second kappa shape index (κ2) is 10.1. The van der Waals surface area contributed by atoms with Crippen LogP contribution in [0.1, 0.15) is 25.1 Å². The number of aromatic nitrogens is 2. The molecule has 0 bridgehead atoms. The fraction of sp³-hybridized carbons (Fsp3) is 0.300. The van der Waals surface area contributed by atoms with E-state index in [0.29, 0.717) is 18.1 Å². The minimum atomic E-state index is -0.464. The molecule has 0 aliphatic carbocycles. The zero-order valence-corrected chi connectivity index (χ0v) is 15.7. The second-order valence-corrected chi connectivity index (χ2v) is 6.25. The number of amides is 1. The van der Waals surface area contributed by atoms with E-state index in [-0.39, 0.29) is 11.8 Å². The molecule has 2 rings (SSSR count). The van der Waals surface area contributed by atoms with Crippen molar-refractivity contribution in [3.8, 4) is 0 Å². The van der Waals surface area contributed by atoms with E-state index in [2.05, 4.69) is 25.3 Å². The molecule has 0 spiro atoms. The van der Waals surface area contributed by atoms with Crippen LogP contribution in [0.25, 0.3) is 6.08 Å². The number of esters is 1. The molecular formula is C20H24N4O3. The number of methoxy groups -OCH3 is 1. The van der Waals surface area contributed by atoms with Crippen LogP contribution in [0.5, 0.6) is 0 Å². The van der Waals surface area contributed by atoms with Gasteiger partial charge < -0.3 is 15.4 Å². The highest BCUT2D eigenvalue weighted by atomic mass is 16.5. The van der Waals surface area contributed by atoms with Crippen LogP contribution in [0.4, 0.5) is 5.82 Å². The zero-order chi connectivity index (χ0) is 19.6. The van der Waals surface area contributed by atoms with Crippen LogP contribution >= 0.6 is 0 Å². The third-order valence-corrected chi connectivity index (χ3v) is 3.83. The summed E-state index contributed by atoms with van der Waals surface area (Å²) in [6.45, 7) is 4.38. The van der Waals surface area contributed by atoms with Crippen molar-refractivity contribution in [2.24, 2.45) is 5.92 Å². The summed E-state index contributed by atoms with van der Waals surface area (Å²) in [7, 11) is 1.31. The van der Waals surface area contributed by atoms with E-state index in [1.54, 1.807) is 0 Å². The van der Waals surface area contributed by atoms with Crippen molar-refractivity contribution < 1.29 is 14.3 Å². The van der Waals surface area contributed by atoms with Crippen molar-refractivity contribution in [3.63, 3.8) is 0 Å². The molecule has 0 unspecified atom stereocenters. The molecule has 0 saturated carbocycles. The van der Waals surface area contributed by atoms with Gasteiger partial charge in [0.05, 0.1) is 25.2 Å². The van der Waals surface area contributed by atoms with E-state index in [1.165, 1.54) is 31.7 Å². The number of carbonyl (C=O) groups is 2. The largest absolute Gasteiger partial charge is 0.466 e. The third kappa shape index (κ3) is 6.54. The Labute approximate surface area is 158 Å². The van der Waals surface area contributed by atoms with E-state index in [9.17, 15) is 9.59 Å². The Kier molecular flexibility index (Phi) is 7.49. The first-order chi connectivity index (χ1) is 13.0. The number of benzene rings is 1. The van der Waals surface area contributed by atoms with Crippen LogP contribution in [0.2, 0.25) is 0 Å². The summed E-state index contributed by atoms with van der Waals surface area (Å²) >= 11 is 0. The van der Waals surface area contributed by atoms with Gasteiger partial charge >= 0.3 is 5.97 Å². The summed E-state index contributed by atoms with van der Waals surface area (Å²) in [4.78, 5) is 32.1. The van der Waals surface area contributed by atoms with Gasteiger partial charge in [-0.1, -0.05) is 44.2 Å². The van der Waals surface area contributed by atoms with E-state index in [4.69, 9.17) is 0 Å². The lowest BCUT2D eigenvalue weighted by Crippen LogP contribution is -2.42. The number of nitrogens with zero attached hydrogens (tertiary/aromatic N) is 2. The van der Waals surface area contributed by atoms with Crippen molar-refractivity contribution in [1.82, 2.24) is 15.3 Å². The molecule has 27 heavy (non-hydrogen) atoms. The summed E-state index contributed by atoms with van der Waals surface area (Å²) in [6.07, 6.45) is 5.82. The van der Waals surface area contributed by atoms with Crippen LogP contribution in [0.15, 0.2) is 48.8 Å². The summed E-state index contributed by atoms with van der Waals surface area (Å²) in [5.74, 6) is -0.0282. The highest BCUT2D eigenvalue weighted by Crippen LogP contribution is 2.11. The lowest BCUT2D eigenvalue weighted by Gasteiger charge is -2.22. The quantitative estimate of drug-likeness (QED) is 0.549. The normalized spacial score (nSPS) is 12.0. The molecular weight excluding hydrogens is 344 g/mol. The van der Waals surface area contributed by atoms with Crippen LogP contribution < -0.4 is 10.6 Å². The summed E-state index contributed by atoms with van der Waals surface area (Å²) in [5.41, 5.74) is 1.55. The maximum absolute atomic E-state index is 12.6. The molecule has 7 nitrogen and oxygen atoms in total. The van der Waals surface area contributed by atoms with Crippen LogP contribution in [-0.2, 0) is 20.9 Å². The number of hydrogen-bond donors (Lipinski definition) is 2. The Hall–Kier alpha value is -3.22. The average molecular weight is 368 g/mol. The number of rotatable bonds is 8. The van der Waals surface area contributed by atoms with Gasteiger partial charge in [0, 0.05) is 12.6 Å². The molecule has 7 heteroatoms. The molecule has 0 saturated heterocycles. The zero-order valence-electron chi connectivity index (χ0n) is 15.7. The van der Waals surface area contributed by atoms with E-state index in [0.717, 1.165) is 5.56 Å². The van der Waals surface area contributed by atoms with Crippen molar-refractivity contribution in [1.29, 1.82) is 0 Å². The summed E-state index contributed by atoms with van der Waals surface area (Å²) in [6, 6.07) is 9.29. The van der Waals surface area contributed by atoms with Crippen molar-refractivity contribution >= 4 is 23.8 Å². The molecule has 1 atom stereocenters. The maximum Gasteiger partial charge on any atom is 0.330 e. The molecule has 0 fully saturated rings. The molecule has 2 N–H and O–H groups in total. The second-order valence-electron chi connectivity index (χ2n) is 6.25. The topological polar surface area (TPSA) is 93.2 Å². The van der Waals surface area contributed by atoms with Gasteiger partial charge in [0.2, 0.25) is 5.91 Å². The number of nitrogens with one attached hydrogen (secondary N) is 2. The SMILES string of the molecule is COC(=O)C=Cc1cnc(N[C@@H](C(=O)NCc2ccccc2)C(C)C)cn1. The smallest absolute Gasteiger partial charge is 0.330 e. The average Bonchev–Trinajstić information content (AvgIpc) is 2.69. The monoisotopic (exact) mass is 368 g/mol. The Morgan fingerprint density at radius 3 is 2.48 bits per heavy atom. The Morgan fingerprint density at radius 1 is 1.15 bits per heavy atom. The third-order valence-electron chi connectivity index (χ3n) is 3.83. The van der Waals surface area contributed by atoms with Crippen molar-refractivity contribution in [3.05, 3.63) is 60.1 Å². The van der Waals surface area contributed by atoms with Crippen LogP contribution in [-0.4, -0.2) is 35.0 Å². The van der Waals surface area contributed by atoms with E-state index >= 15 is 0 Å². The minimum absolute atomic E-state index is 0.0569. The van der Waals surface area contributed by atoms with Gasteiger partial charge in [0.1, 0.15) is 11.9 Å². The molecule has 1 aromatic heterocycles. The highest BCUT2D eigenvalue weighted by Gasteiger charge is 2.22. The van der Waals surface area contributed by atoms with Crippen molar-refractivity contribution in [2.75, 3.05) is 12.4 Å². The first-order valence-corrected chi connectivity index (χ1v) is 8.66. The molecule has 2 aromatic rings. The molecule has 1 aromatic carbocycles. The first-order valence-electron chi connectivity index (χ1n) is 8.66. The molecule has 1 heterocycles. The first kappa shape index (κ1) is 20.1. The van der Waals surface area contributed by atoms with E-state index in [1.807, 2.05) is 44.2 Å². The fourth-order valence-corrected chi connectivity index (χ4v) is 2.31. The van der Waals surface area contributed by atoms with Crippen molar-refractivity contribution in [2.45, 2.75) is 26.4 Å². The Morgan fingerprint density at radius 2 is 1.89 bits per heavy atom. The Balaban J connectivity index is 1.97. The van der Waals surface area contributed by atoms with Gasteiger partial charge in [0.25, 0.3) is 0 Å². The van der Waals surface area contributed by atoms with Crippen LogP contribution in [0, 0.1) is 5.92 Å². The van der Waals surface area contributed by atoms with E-state index < -0.39 is 12.0 Å². The van der Waals surface area contributed by atoms with Gasteiger partial charge in [0.15, 0.2) is 0 Å². The number of hydrogen-bond acceptors (Lipinski definition) is 6. The lowest BCUT2D eigenvalue weighted by atomic mass is 10.0. The lowest BCUT2D eigenvalue weighted by molar-refractivity contribution is -0.134. The maximum atomic E-state index is 12.6. The molecule has 142 valence electrons. The van der Waals surface area contributed by atoms with Gasteiger partial charge in [-0.15, -0.1) is 0 Å². The summed E-state index contributed by atoms with van der Waals surface area (Å²) in [5, 5.41) is 6.06. The molecule has 0 aliphatic heterocycles. The predicted octanol–water partition coefficient (Wildman–Crippen LogP) is 2.42. The number of ether oxygens (including phenoxy) is 1. The van der Waals surface area contributed by atoms with Crippen LogP contribution in [0.3, 0.4) is 0 Å². The number of carbonyl (C=O) groups excluding carboxylic acids is 2. The van der Waals surface area contributed by atoms with Gasteiger partial charge in [-0.3, -0.25) is 9.78 Å². The van der Waals surface area contributed by atoms with Gasteiger partial charge in [-0.2, -0.15) is 0 Å². The predicted molar refractivity (Wildman–Crippen MR) is 104 cm³/mol. The molecule has 1 amide bonds. The summed E-state index contributed by atoms with van der Waals surface area (Å²) < 4.78 is 4.53. The van der Waals surface area contributed by atoms with Gasteiger partial charge in [-0.05, 0) is 17.6 Å². The fourth-order valence-electron chi connectivity index (χ4n) is 2.31. The highest BCUT2D eigenvalue weighted by molar-refractivity contribution is 5.86. The minimum Gasteiger partial charge on any atom is -0.466 e. The Bertz CT molecular complexity index is 774. The standard InChI is InChI=1S/C20H24N4O3/c1-14(2)19(20(26)23-11-15-7-5-4-6-8-15)24-17-13-21-16(12-22-17)9-10-18(25)27-3/h4-10,12-14,19H,11H2,1-3H3,(H,22,24)(H,23,26)/t19-/m1/s1. The molecule has 0 aliphatic rings. The van der Waals surface area contributed by atoms with Gasteiger partial charge in [-0.25, -0.2) is 9.78 Å². The molecule has 0 radical (unpaired) electrons.